The Morgan fingerprint density at radius 3 is 2.37 bits per heavy atom. The maximum Gasteiger partial charge on any atom is 0.408 e. The molecule has 0 radical (unpaired) electrons. The molecule has 0 saturated heterocycles. The zero-order chi connectivity index (χ0) is 15.1. The van der Waals surface area contributed by atoms with E-state index in [0.717, 1.165) is 6.92 Å². The molecule has 0 unspecified atom stereocenters. The van der Waals surface area contributed by atoms with Crippen LogP contribution in [-0.2, 0) is 14.3 Å². The third-order valence-corrected chi connectivity index (χ3v) is 2.16. The average molecular weight is 283 g/mol. The molecule has 0 spiro atoms. The lowest BCUT2D eigenvalue weighted by Gasteiger charge is -2.24. The van der Waals surface area contributed by atoms with Crippen molar-refractivity contribution in [2.45, 2.75) is 26.1 Å². The van der Waals surface area contributed by atoms with E-state index in [1.807, 2.05) is 5.32 Å². The van der Waals surface area contributed by atoms with Crippen molar-refractivity contribution in [3.63, 3.8) is 0 Å². The number of alkyl carbamates (subject to hydrolysis) is 1. The fourth-order valence-corrected chi connectivity index (χ4v) is 1.11. The molecular weight excluding hydrogens is 267 g/mol. The fraction of sp³-hybridized carbons (Fsp3) is 0.636. The van der Waals surface area contributed by atoms with Gasteiger partial charge in [0, 0.05) is 0 Å². The van der Waals surface area contributed by atoms with Crippen LogP contribution in [-0.4, -0.2) is 37.5 Å². The highest BCUT2D eigenvalue weighted by Crippen LogP contribution is 2.29. The quantitative estimate of drug-likeness (QED) is 0.598. The maximum absolute atomic E-state index is 12.6. The number of rotatable bonds is 6. The molecule has 2 atom stereocenters. The predicted molar refractivity (Wildman–Crippen MR) is 60.3 cm³/mol. The summed E-state index contributed by atoms with van der Waals surface area (Å²) in [5.74, 6) is -3.26. The Morgan fingerprint density at radius 1 is 1.37 bits per heavy atom. The van der Waals surface area contributed by atoms with Crippen LogP contribution in [0.1, 0.15) is 13.8 Å². The third kappa shape index (κ3) is 6.12. The number of esters is 1. The van der Waals surface area contributed by atoms with Gasteiger partial charge in [-0.1, -0.05) is 19.6 Å². The molecule has 110 valence electrons. The Hall–Kier alpha value is -1.73. The first-order valence-corrected chi connectivity index (χ1v) is 5.51. The highest BCUT2D eigenvalue weighted by Gasteiger charge is 2.45. The van der Waals surface area contributed by atoms with Gasteiger partial charge in [0.25, 0.3) is 0 Å². The summed E-state index contributed by atoms with van der Waals surface area (Å²) in [4.78, 5) is 22.6. The average Bonchev–Trinajstić information content (AvgIpc) is 2.31. The zero-order valence-electron chi connectivity index (χ0n) is 10.6. The molecule has 0 aromatic rings. The van der Waals surface area contributed by atoms with Crippen LogP contribution in [0.15, 0.2) is 12.7 Å². The van der Waals surface area contributed by atoms with Crippen molar-refractivity contribution in [3.8, 4) is 0 Å². The summed E-state index contributed by atoms with van der Waals surface area (Å²) in [7, 11) is 0. The van der Waals surface area contributed by atoms with Crippen LogP contribution in [0.4, 0.5) is 18.0 Å². The van der Waals surface area contributed by atoms with Crippen LogP contribution >= 0.6 is 0 Å². The number of carbonyl (C=O) groups excluding carboxylic acids is 2. The number of hydrogen-bond acceptors (Lipinski definition) is 4. The van der Waals surface area contributed by atoms with Gasteiger partial charge >= 0.3 is 18.2 Å². The lowest BCUT2D eigenvalue weighted by molar-refractivity contribution is -0.186. The summed E-state index contributed by atoms with van der Waals surface area (Å²) < 4.78 is 46.7. The Kier molecular flexibility index (Phi) is 6.95. The molecule has 0 aliphatic rings. The maximum atomic E-state index is 12.6. The second-order valence-electron chi connectivity index (χ2n) is 3.59. The van der Waals surface area contributed by atoms with Crippen molar-refractivity contribution >= 4 is 12.1 Å². The molecule has 0 bridgehead atoms. The summed E-state index contributed by atoms with van der Waals surface area (Å²) in [6, 6.07) is -1.85. The first kappa shape index (κ1) is 17.3. The highest BCUT2D eigenvalue weighted by atomic mass is 19.4. The van der Waals surface area contributed by atoms with E-state index in [1.165, 1.54) is 13.0 Å². The minimum absolute atomic E-state index is 0.0940. The van der Waals surface area contributed by atoms with E-state index in [0.29, 0.717) is 0 Å². The van der Waals surface area contributed by atoms with Crippen molar-refractivity contribution < 1.29 is 32.2 Å². The normalized spacial score (nSPS) is 14.2. The van der Waals surface area contributed by atoms with E-state index in [1.54, 1.807) is 0 Å². The van der Waals surface area contributed by atoms with Crippen LogP contribution in [0.5, 0.6) is 0 Å². The topological polar surface area (TPSA) is 64.6 Å². The summed E-state index contributed by atoms with van der Waals surface area (Å²) in [5.41, 5.74) is 0. The van der Waals surface area contributed by atoms with Crippen molar-refractivity contribution in [1.82, 2.24) is 5.32 Å². The molecule has 0 aliphatic heterocycles. The molecule has 5 nitrogen and oxygen atoms in total. The molecule has 0 aliphatic carbocycles. The van der Waals surface area contributed by atoms with Gasteiger partial charge in [-0.2, -0.15) is 13.2 Å². The van der Waals surface area contributed by atoms with Gasteiger partial charge < -0.3 is 14.8 Å². The van der Waals surface area contributed by atoms with Gasteiger partial charge in [-0.15, -0.1) is 0 Å². The molecule has 0 aromatic carbocycles. The van der Waals surface area contributed by atoms with E-state index in [-0.39, 0.29) is 13.2 Å². The number of alkyl halides is 3. The lowest BCUT2D eigenvalue weighted by Crippen LogP contribution is -2.50. The van der Waals surface area contributed by atoms with Crippen molar-refractivity contribution in [2.75, 3.05) is 13.2 Å². The monoisotopic (exact) mass is 283 g/mol. The smallest absolute Gasteiger partial charge is 0.408 e. The van der Waals surface area contributed by atoms with Crippen molar-refractivity contribution in [2.24, 2.45) is 5.92 Å². The van der Waals surface area contributed by atoms with Gasteiger partial charge in [-0.3, -0.25) is 0 Å². The van der Waals surface area contributed by atoms with Crippen LogP contribution in [0.25, 0.3) is 0 Å². The third-order valence-electron chi connectivity index (χ3n) is 2.16. The van der Waals surface area contributed by atoms with Crippen LogP contribution < -0.4 is 5.32 Å². The summed E-state index contributed by atoms with van der Waals surface area (Å²) >= 11 is 0. The van der Waals surface area contributed by atoms with E-state index in [9.17, 15) is 22.8 Å². The Bertz CT molecular complexity index is 330. The molecule has 8 heteroatoms. The number of amides is 1. The highest BCUT2D eigenvalue weighted by molar-refractivity contribution is 5.81. The van der Waals surface area contributed by atoms with E-state index < -0.39 is 30.2 Å². The summed E-state index contributed by atoms with van der Waals surface area (Å²) in [6.45, 7) is 5.22. The van der Waals surface area contributed by atoms with Gasteiger partial charge in [0.05, 0.1) is 12.5 Å². The lowest BCUT2D eigenvalue weighted by atomic mass is 10.0. The summed E-state index contributed by atoms with van der Waals surface area (Å²) in [5, 5.41) is 1.84. The van der Waals surface area contributed by atoms with E-state index in [4.69, 9.17) is 0 Å². The van der Waals surface area contributed by atoms with Gasteiger partial charge in [0.15, 0.2) is 0 Å². The van der Waals surface area contributed by atoms with Crippen molar-refractivity contribution in [3.05, 3.63) is 12.7 Å². The molecule has 0 fully saturated rings. The van der Waals surface area contributed by atoms with Gasteiger partial charge in [0.1, 0.15) is 12.6 Å². The van der Waals surface area contributed by atoms with Crippen molar-refractivity contribution in [1.29, 1.82) is 0 Å². The number of nitrogens with one attached hydrogen (secondary N) is 1. The van der Waals surface area contributed by atoms with Crippen LogP contribution in [0, 0.1) is 5.92 Å². The van der Waals surface area contributed by atoms with Crippen LogP contribution in [0.3, 0.4) is 0 Å². The van der Waals surface area contributed by atoms with E-state index in [2.05, 4.69) is 16.1 Å². The Labute approximate surface area is 108 Å². The predicted octanol–water partition coefficient (Wildman–Crippen LogP) is 2.03. The Balaban J connectivity index is 4.82. The van der Waals surface area contributed by atoms with Gasteiger partial charge in [0.2, 0.25) is 0 Å². The molecular formula is C11H16F3NO4. The molecule has 0 heterocycles. The minimum Gasteiger partial charge on any atom is -0.464 e. The van der Waals surface area contributed by atoms with Crippen LogP contribution in [0.2, 0.25) is 0 Å². The SMILES string of the molecule is C=CCOC(=O)N[C@H](C(=O)OCC)[C@@H](C)C(F)(F)F. The summed E-state index contributed by atoms with van der Waals surface area (Å²) in [6.07, 6.45) is -4.55. The number of halogens is 3. The second-order valence-corrected chi connectivity index (χ2v) is 3.59. The van der Waals surface area contributed by atoms with Gasteiger partial charge in [-0.05, 0) is 6.92 Å². The fourth-order valence-electron chi connectivity index (χ4n) is 1.11. The minimum atomic E-state index is -4.65. The molecule has 0 rings (SSSR count). The second kappa shape index (κ2) is 7.65. The largest absolute Gasteiger partial charge is 0.464 e. The molecule has 0 aromatic heterocycles. The molecule has 1 N–H and O–H groups in total. The number of ether oxygens (including phenoxy) is 2. The van der Waals surface area contributed by atoms with E-state index >= 15 is 0 Å². The molecule has 0 saturated carbocycles. The van der Waals surface area contributed by atoms with Gasteiger partial charge in [-0.25, -0.2) is 9.59 Å². The first-order chi connectivity index (χ1) is 8.73. The standard InChI is InChI=1S/C11H16F3NO4/c1-4-6-19-10(17)15-8(9(16)18-5-2)7(3)11(12,13)14/h4,7-8H,1,5-6H2,2-3H3,(H,15,17)/t7-,8+/m1/s1. The first-order valence-electron chi connectivity index (χ1n) is 5.51. The number of carbonyl (C=O) groups is 2. The number of hydrogen-bond donors (Lipinski definition) is 1. The zero-order valence-corrected chi connectivity index (χ0v) is 10.6. The molecule has 19 heavy (non-hydrogen) atoms. The Morgan fingerprint density at radius 2 is 1.95 bits per heavy atom. The molecule has 1 amide bonds.